The van der Waals surface area contributed by atoms with Crippen LogP contribution in [0.15, 0.2) is 18.2 Å². The molecule has 0 radical (unpaired) electrons. The Morgan fingerprint density at radius 3 is 2.75 bits per heavy atom. The summed E-state index contributed by atoms with van der Waals surface area (Å²) in [5.41, 5.74) is 0. The van der Waals surface area contributed by atoms with Crippen LogP contribution in [0.5, 0.6) is 11.5 Å². The molecule has 0 aliphatic rings. The predicted molar refractivity (Wildman–Crippen MR) is 50.8 cm³/mol. The first-order valence-electron chi connectivity index (χ1n) is 4.87. The van der Waals surface area contributed by atoms with E-state index < -0.39 is 20.7 Å². The molecule has 1 rings (SSSR count). The second-order valence-electron chi connectivity index (χ2n) is 2.12. The van der Waals surface area contributed by atoms with E-state index in [1.54, 1.807) is 25.3 Å². The summed E-state index contributed by atoms with van der Waals surface area (Å²) in [5, 5.41) is 0. The first-order valence-corrected chi connectivity index (χ1v) is 5.08. The third-order valence-electron chi connectivity index (χ3n) is 1.48. The van der Waals surface area contributed by atoms with Crippen molar-refractivity contribution < 1.29 is 13.6 Å². The predicted octanol–water partition coefficient (Wildman–Crippen LogP) is 1.08. The molecule has 0 N–H and O–H groups in total. The maximum absolute atomic E-state index is 7.23. The Morgan fingerprint density at radius 1 is 1.33 bits per heavy atom. The topological polar surface area (TPSA) is 18.5 Å². The summed E-state index contributed by atoms with van der Waals surface area (Å²) in [7, 11) is 3.08. The Kier molecular flexibility index (Phi) is 2.15. The molecule has 0 aliphatic carbocycles. The van der Waals surface area contributed by atoms with Crippen molar-refractivity contribution in [3.8, 4) is 11.5 Å². The monoisotopic (exact) mass is 236 g/mol. The summed E-state index contributed by atoms with van der Waals surface area (Å²) in [6, 6.07) is 5.19. The fourth-order valence-electron chi connectivity index (χ4n) is 0.864. The SMILES string of the molecule is [2H][13C]([2H])([2H])[Se]c1cc(OC)ccc1OC. The summed E-state index contributed by atoms with van der Waals surface area (Å²) in [6.07, 6.45) is 0. The van der Waals surface area contributed by atoms with E-state index in [2.05, 4.69) is 0 Å². The van der Waals surface area contributed by atoms with Gasteiger partial charge in [-0.25, -0.2) is 0 Å². The van der Waals surface area contributed by atoms with Crippen molar-refractivity contribution in [2.24, 2.45) is 0 Å². The second-order valence-corrected chi connectivity index (χ2v) is 3.47. The van der Waals surface area contributed by atoms with Crippen LogP contribution in [0.2, 0.25) is 5.75 Å². The molecule has 0 unspecified atom stereocenters. The van der Waals surface area contributed by atoms with Crippen LogP contribution in [0.25, 0.3) is 0 Å². The van der Waals surface area contributed by atoms with Gasteiger partial charge in [0.1, 0.15) is 0 Å². The van der Waals surface area contributed by atoms with E-state index in [1.165, 1.54) is 7.11 Å². The number of methoxy groups -OCH3 is 2. The standard InChI is InChI=1S/C9H12O2Se/c1-10-7-4-5-8(11-2)9(6-7)12-3/h4-6H,1-3H3/i3+1D3. The van der Waals surface area contributed by atoms with Crippen LogP contribution in [0.4, 0.5) is 0 Å². The van der Waals surface area contributed by atoms with E-state index in [0.29, 0.717) is 16.0 Å². The molecule has 1 aromatic carbocycles. The molecule has 0 saturated heterocycles. The van der Waals surface area contributed by atoms with Crippen molar-refractivity contribution >= 4 is 19.4 Å². The van der Waals surface area contributed by atoms with Gasteiger partial charge in [0.05, 0.1) is 0 Å². The van der Waals surface area contributed by atoms with Crippen molar-refractivity contribution in [3.05, 3.63) is 18.2 Å². The first-order chi connectivity index (χ1) is 6.96. The van der Waals surface area contributed by atoms with Crippen LogP contribution in [0, 0.1) is 0 Å². The molecule has 0 saturated carbocycles. The van der Waals surface area contributed by atoms with E-state index >= 15 is 0 Å². The molecule has 0 aliphatic heterocycles. The molecule has 0 fully saturated rings. The number of ether oxygens (including phenoxy) is 2. The molecule has 0 spiro atoms. The Labute approximate surface area is 83.2 Å². The summed E-state index contributed by atoms with van der Waals surface area (Å²) in [5.74, 6) is -0.684. The average Bonchev–Trinajstić information content (AvgIpc) is 2.15. The van der Waals surface area contributed by atoms with Crippen LogP contribution < -0.4 is 13.9 Å². The quantitative estimate of drug-likeness (QED) is 0.576. The molecule has 1 aromatic rings. The third-order valence-corrected chi connectivity index (χ3v) is 2.61. The molecule has 0 heterocycles. The number of hydrogen-bond donors (Lipinski definition) is 0. The van der Waals surface area contributed by atoms with Crippen molar-refractivity contribution in [2.75, 3.05) is 14.2 Å². The zero-order valence-corrected chi connectivity index (χ0v) is 8.67. The van der Waals surface area contributed by atoms with Crippen LogP contribution in [-0.4, -0.2) is 29.2 Å². The van der Waals surface area contributed by atoms with Gasteiger partial charge in [-0.2, -0.15) is 0 Å². The molecule has 0 bridgehead atoms. The molecule has 12 heavy (non-hydrogen) atoms. The van der Waals surface area contributed by atoms with Crippen LogP contribution >= 0.6 is 0 Å². The first kappa shape index (κ1) is 5.90. The van der Waals surface area contributed by atoms with Crippen molar-refractivity contribution in [1.82, 2.24) is 0 Å². The molecule has 0 aromatic heterocycles. The van der Waals surface area contributed by atoms with E-state index in [4.69, 9.17) is 13.6 Å². The Morgan fingerprint density at radius 2 is 2.17 bits per heavy atom. The summed E-state index contributed by atoms with van der Waals surface area (Å²) >= 11 is -0.618. The molecule has 66 valence electrons. The van der Waals surface area contributed by atoms with E-state index in [0.717, 1.165) is 0 Å². The van der Waals surface area contributed by atoms with Gasteiger partial charge in [0, 0.05) is 0 Å². The minimum absolute atomic E-state index is 0.604. The second kappa shape index (κ2) is 4.39. The normalized spacial score (nSPS) is 14.3. The van der Waals surface area contributed by atoms with Gasteiger partial charge in [0.2, 0.25) is 0 Å². The van der Waals surface area contributed by atoms with Gasteiger partial charge in [-0.1, -0.05) is 0 Å². The summed E-state index contributed by atoms with van der Waals surface area (Å²) < 4.78 is 32.5. The van der Waals surface area contributed by atoms with E-state index in [-0.39, 0.29) is 0 Å². The fraction of sp³-hybridized carbons (Fsp3) is 0.333. The van der Waals surface area contributed by atoms with Gasteiger partial charge in [-0.15, -0.1) is 0 Å². The molecular weight excluding hydrogens is 220 g/mol. The zero-order chi connectivity index (χ0) is 11.5. The van der Waals surface area contributed by atoms with Crippen LogP contribution in [-0.2, 0) is 0 Å². The van der Waals surface area contributed by atoms with Gasteiger partial charge < -0.3 is 0 Å². The molecular formula is C9H12O2Se. The third kappa shape index (κ3) is 1.93. The van der Waals surface area contributed by atoms with Crippen LogP contribution in [0.1, 0.15) is 4.11 Å². The van der Waals surface area contributed by atoms with Gasteiger partial charge in [0.15, 0.2) is 0 Å². The number of rotatable bonds is 3. The number of benzene rings is 1. The van der Waals surface area contributed by atoms with Crippen molar-refractivity contribution in [1.29, 1.82) is 0 Å². The number of hydrogen-bond acceptors (Lipinski definition) is 2. The molecule has 2 nitrogen and oxygen atoms in total. The van der Waals surface area contributed by atoms with Crippen LogP contribution in [0.3, 0.4) is 0 Å². The van der Waals surface area contributed by atoms with E-state index in [1.807, 2.05) is 0 Å². The van der Waals surface area contributed by atoms with Gasteiger partial charge in [0.25, 0.3) is 0 Å². The average molecular weight is 235 g/mol. The Bertz CT molecular complexity index is 339. The summed E-state index contributed by atoms with van der Waals surface area (Å²) in [4.78, 5) is 0. The fourth-order valence-corrected chi connectivity index (χ4v) is 1.76. The zero-order valence-electron chi connectivity index (χ0n) is 9.96. The van der Waals surface area contributed by atoms with Crippen molar-refractivity contribution in [2.45, 2.75) is 5.75 Å². The van der Waals surface area contributed by atoms with E-state index in [9.17, 15) is 0 Å². The van der Waals surface area contributed by atoms with Gasteiger partial charge in [-0.05, 0) is 0 Å². The molecule has 0 amide bonds. The molecule has 3 heteroatoms. The maximum atomic E-state index is 7.23. The molecule has 0 atom stereocenters. The Hall–Kier alpha value is -0.661. The van der Waals surface area contributed by atoms with Gasteiger partial charge >= 0.3 is 82.7 Å². The summed E-state index contributed by atoms with van der Waals surface area (Å²) in [6.45, 7) is 0. The minimum atomic E-state index is -1.94. The van der Waals surface area contributed by atoms with Crippen molar-refractivity contribution in [3.63, 3.8) is 0 Å². The van der Waals surface area contributed by atoms with Gasteiger partial charge in [-0.3, -0.25) is 0 Å². The Balaban J connectivity index is 3.01.